The molecule has 0 bridgehead atoms. The smallest absolute Gasteiger partial charge is 0.410 e. The molecule has 2 aromatic heterocycles. The van der Waals surface area contributed by atoms with E-state index in [1.165, 1.54) is 0 Å². The quantitative estimate of drug-likeness (QED) is 0.447. The Balaban J connectivity index is 1.52. The number of nitrogens with one attached hydrogen (secondary N) is 1. The lowest BCUT2D eigenvalue weighted by Gasteiger charge is -2.27. The molecule has 35 heavy (non-hydrogen) atoms. The topological polar surface area (TPSA) is 98.5 Å². The molecule has 3 rings (SSSR count). The van der Waals surface area contributed by atoms with Crippen molar-refractivity contribution in [3.8, 4) is 0 Å². The Bertz CT molecular complexity index is 1190. The van der Waals surface area contributed by atoms with E-state index in [0.29, 0.717) is 39.1 Å². The van der Waals surface area contributed by atoms with Gasteiger partial charge in [0.25, 0.3) is 0 Å². The number of rotatable bonds is 10. The minimum atomic E-state index is -0.600. The second-order valence-corrected chi connectivity index (χ2v) is 9.38. The fraction of sp³-hybridized carbons (Fsp3) is 0.462. The largest absolute Gasteiger partial charge is 0.444 e. The number of ether oxygens (including phenoxy) is 1. The van der Waals surface area contributed by atoms with Gasteiger partial charge in [0.1, 0.15) is 5.60 Å². The van der Waals surface area contributed by atoms with Gasteiger partial charge in [0.2, 0.25) is 5.91 Å². The number of aromatic nitrogens is 3. The predicted octanol–water partition coefficient (Wildman–Crippen LogP) is 3.55. The first-order chi connectivity index (χ1) is 16.7. The molecule has 3 aromatic rings. The minimum absolute atomic E-state index is 0.107. The van der Waals surface area contributed by atoms with Gasteiger partial charge in [-0.25, -0.2) is 9.59 Å². The van der Waals surface area contributed by atoms with Crippen molar-refractivity contribution in [1.82, 2.24) is 24.3 Å². The summed E-state index contributed by atoms with van der Waals surface area (Å²) in [6.07, 6.45) is 3.77. The molecule has 0 spiro atoms. The normalized spacial score (nSPS) is 11.4. The average Bonchev–Trinajstić information content (AvgIpc) is 3.09. The second kappa shape index (κ2) is 11.7. The molecule has 188 valence electrons. The number of hydrogen-bond acceptors (Lipinski definition) is 5. The molecule has 0 fully saturated rings. The molecular formula is C26H35N5O4. The zero-order valence-electron chi connectivity index (χ0n) is 21.0. The van der Waals surface area contributed by atoms with Gasteiger partial charge < -0.3 is 15.0 Å². The summed E-state index contributed by atoms with van der Waals surface area (Å²) in [7, 11) is 0. The SMILES string of the molecule is CCn1c(=O)n(CCC(=O)NCCCN(Cc2cccnc2)C(=O)OC(C)(C)C)c2ccccc21. The van der Waals surface area contributed by atoms with Gasteiger partial charge in [-0.15, -0.1) is 0 Å². The van der Waals surface area contributed by atoms with Crippen molar-refractivity contribution in [2.24, 2.45) is 0 Å². The summed E-state index contributed by atoms with van der Waals surface area (Å²) in [5, 5.41) is 2.90. The van der Waals surface area contributed by atoms with Crippen molar-refractivity contribution in [3.63, 3.8) is 0 Å². The van der Waals surface area contributed by atoms with Crippen LogP contribution in [0.5, 0.6) is 0 Å². The summed E-state index contributed by atoms with van der Waals surface area (Å²) < 4.78 is 8.90. The Morgan fingerprint density at radius 1 is 1.09 bits per heavy atom. The molecule has 0 atom stereocenters. The van der Waals surface area contributed by atoms with Crippen molar-refractivity contribution in [2.75, 3.05) is 13.1 Å². The Kier molecular flexibility index (Phi) is 8.68. The van der Waals surface area contributed by atoms with Crippen molar-refractivity contribution in [1.29, 1.82) is 0 Å². The van der Waals surface area contributed by atoms with Crippen molar-refractivity contribution >= 4 is 23.0 Å². The minimum Gasteiger partial charge on any atom is -0.444 e. The van der Waals surface area contributed by atoms with Gasteiger partial charge in [-0.3, -0.25) is 18.9 Å². The third-order valence-electron chi connectivity index (χ3n) is 5.48. The molecule has 1 aromatic carbocycles. The van der Waals surface area contributed by atoms with Gasteiger partial charge in [-0.05, 0) is 57.9 Å². The van der Waals surface area contributed by atoms with Gasteiger partial charge in [-0.1, -0.05) is 18.2 Å². The van der Waals surface area contributed by atoms with E-state index in [0.717, 1.165) is 16.6 Å². The number of aryl methyl sites for hydroxylation is 2. The van der Waals surface area contributed by atoms with Crippen LogP contribution in [0.2, 0.25) is 0 Å². The number of imidazole rings is 1. The van der Waals surface area contributed by atoms with Crippen molar-refractivity contribution < 1.29 is 14.3 Å². The molecule has 0 saturated carbocycles. The lowest BCUT2D eigenvalue weighted by molar-refractivity contribution is -0.121. The number of fused-ring (bicyclic) bond motifs is 1. The van der Waals surface area contributed by atoms with Crippen molar-refractivity contribution in [3.05, 3.63) is 64.8 Å². The van der Waals surface area contributed by atoms with Crippen LogP contribution < -0.4 is 11.0 Å². The maximum absolute atomic E-state index is 12.7. The highest BCUT2D eigenvalue weighted by Gasteiger charge is 2.22. The fourth-order valence-corrected chi connectivity index (χ4v) is 3.87. The third kappa shape index (κ3) is 7.18. The number of carbonyl (C=O) groups is 2. The zero-order chi connectivity index (χ0) is 25.4. The fourth-order valence-electron chi connectivity index (χ4n) is 3.87. The van der Waals surface area contributed by atoms with E-state index in [4.69, 9.17) is 4.74 Å². The Morgan fingerprint density at radius 2 is 1.80 bits per heavy atom. The summed E-state index contributed by atoms with van der Waals surface area (Å²) in [6.45, 7) is 9.52. The molecule has 0 saturated heterocycles. The summed E-state index contributed by atoms with van der Waals surface area (Å²) >= 11 is 0. The molecule has 0 aliphatic carbocycles. The van der Waals surface area contributed by atoms with Crippen LogP contribution in [0, 0.1) is 0 Å². The molecule has 2 amide bonds. The number of nitrogens with zero attached hydrogens (tertiary/aromatic N) is 4. The number of hydrogen-bond donors (Lipinski definition) is 1. The number of benzene rings is 1. The van der Waals surface area contributed by atoms with Crippen LogP contribution in [0.1, 0.15) is 46.1 Å². The summed E-state index contributed by atoms with van der Waals surface area (Å²) in [4.78, 5) is 43.6. The first-order valence-electron chi connectivity index (χ1n) is 12.0. The van der Waals surface area contributed by atoms with E-state index in [1.54, 1.807) is 26.4 Å². The molecule has 0 aliphatic rings. The molecule has 0 radical (unpaired) electrons. The second-order valence-electron chi connectivity index (χ2n) is 9.38. The molecule has 2 heterocycles. The standard InChI is InChI=1S/C26H35N5O4/c1-5-30-21-11-6-7-12-22(21)31(24(30)33)17-13-23(32)28-15-9-16-29(25(34)35-26(2,3)4)19-20-10-8-14-27-18-20/h6-8,10-12,14,18H,5,9,13,15-17,19H2,1-4H3,(H,28,32). The van der Waals surface area contributed by atoms with Gasteiger partial charge in [-0.2, -0.15) is 0 Å². The van der Waals surface area contributed by atoms with E-state index < -0.39 is 11.7 Å². The molecule has 9 nitrogen and oxygen atoms in total. The lowest BCUT2D eigenvalue weighted by atomic mass is 10.2. The first kappa shape index (κ1) is 26.0. The monoisotopic (exact) mass is 481 g/mol. The van der Waals surface area contributed by atoms with E-state index in [1.807, 2.05) is 64.1 Å². The maximum Gasteiger partial charge on any atom is 0.410 e. The highest BCUT2D eigenvalue weighted by atomic mass is 16.6. The molecule has 1 N–H and O–H groups in total. The maximum atomic E-state index is 12.7. The van der Waals surface area contributed by atoms with E-state index >= 15 is 0 Å². The van der Waals surface area contributed by atoms with Gasteiger partial charge in [0.15, 0.2) is 0 Å². The number of amides is 2. The van der Waals surface area contributed by atoms with Gasteiger partial charge in [0, 0.05) is 45.0 Å². The van der Waals surface area contributed by atoms with E-state index in [2.05, 4.69) is 10.3 Å². The van der Waals surface area contributed by atoms with Gasteiger partial charge in [0.05, 0.1) is 17.6 Å². The Hall–Kier alpha value is -3.62. The Morgan fingerprint density at radius 3 is 2.43 bits per heavy atom. The number of para-hydroxylation sites is 2. The molecule has 9 heteroatoms. The molecular weight excluding hydrogens is 446 g/mol. The summed E-state index contributed by atoms with van der Waals surface area (Å²) in [5.41, 5.74) is 1.90. The highest BCUT2D eigenvalue weighted by molar-refractivity contribution is 5.78. The molecule has 0 unspecified atom stereocenters. The van der Waals surface area contributed by atoms with Crippen LogP contribution in [-0.4, -0.2) is 49.7 Å². The number of pyridine rings is 1. The molecule has 0 aliphatic heterocycles. The van der Waals surface area contributed by atoms with E-state index in [9.17, 15) is 14.4 Å². The van der Waals surface area contributed by atoms with Crippen LogP contribution in [0.3, 0.4) is 0 Å². The van der Waals surface area contributed by atoms with Crippen LogP contribution in [0.25, 0.3) is 11.0 Å². The third-order valence-corrected chi connectivity index (χ3v) is 5.48. The predicted molar refractivity (Wildman–Crippen MR) is 135 cm³/mol. The highest BCUT2D eigenvalue weighted by Crippen LogP contribution is 2.14. The van der Waals surface area contributed by atoms with E-state index in [-0.39, 0.29) is 18.0 Å². The summed E-state index contributed by atoms with van der Waals surface area (Å²) in [6, 6.07) is 11.3. The van der Waals surface area contributed by atoms with Crippen LogP contribution >= 0.6 is 0 Å². The first-order valence-corrected chi connectivity index (χ1v) is 12.0. The lowest BCUT2D eigenvalue weighted by Crippen LogP contribution is -2.38. The van der Waals surface area contributed by atoms with Crippen LogP contribution in [0.4, 0.5) is 4.79 Å². The average molecular weight is 482 g/mol. The zero-order valence-corrected chi connectivity index (χ0v) is 21.0. The van der Waals surface area contributed by atoms with Crippen LogP contribution in [0.15, 0.2) is 53.6 Å². The Labute approximate surface area is 205 Å². The van der Waals surface area contributed by atoms with Crippen molar-refractivity contribution in [2.45, 2.75) is 65.8 Å². The summed E-state index contributed by atoms with van der Waals surface area (Å²) in [5.74, 6) is -0.138. The van der Waals surface area contributed by atoms with Crippen LogP contribution in [-0.2, 0) is 29.2 Å². The van der Waals surface area contributed by atoms with Gasteiger partial charge >= 0.3 is 11.8 Å². The number of carbonyl (C=O) groups excluding carboxylic acids is 2.